The van der Waals surface area contributed by atoms with E-state index in [1.807, 2.05) is 32.2 Å². The van der Waals surface area contributed by atoms with Crippen molar-refractivity contribution in [3.05, 3.63) is 70.5 Å². The normalized spacial score (nSPS) is 20.8. The van der Waals surface area contributed by atoms with E-state index in [2.05, 4.69) is 77.2 Å². The number of urea groups is 1. The van der Waals surface area contributed by atoms with E-state index in [4.69, 9.17) is 24.2 Å². The average Bonchev–Trinajstić information content (AvgIpc) is 3.89. The lowest BCUT2D eigenvalue weighted by molar-refractivity contribution is -0.158. The van der Waals surface area contributed by atoms with Gasteiger partial charge in [-0.25, -0.2) is 15.2 Å². The molecule has 0 aliphatic carbocycles. The van der Waals surface area contributed by atoms with Crippen molar-refractivity contribution in [3.63, 3.8) is 0 Å². The van der Waals surface area contributed by atoms with Crippen LogP contribution in [0.1, 0.15) is 76.8 Å². The van der Waals surface area contributed by atoms with Crippen molar-refractivity contribution in [2.45, 2.75) is 103 Å². The summed E-state index contributed by atoms with van der Waals surface area (Å²) in [5.41, 5.74) is 9.07. The zero-order chi connectivity index (χ0) is 49.4. The number of pyridine rings is 1. The van der Waals surface area contributed by atoms with Crippen molar-refractivity contribution in [3.8, 4) is 22.5 Å². The predicted octanol–water partition coefficient (Wildman–Crippen LogP) is 5.08. The molecule has 2 N–H and O–H groups in total. The first-order chi connectivity index (χ1) is 32.2. The smallest absolute Gasteiger partial charge is 0.323 e. The van der Waals surface area contributed by atoms with Crippen molar-refractivity contribution in [2.24, 2.45) is 11.3 Å². The van der Waals surface area contributed by atoms with Gasteiger partial charge in [-0.1, -0.05) is 40.3 Å². The summed E-state index contributed by atoms with van der Waals surface area (Å²) in [5.74, 6) is -2.27. The Balaban J connectivity index is 1.25. The van der Waals surface area contributed by atoms with E-state index in [0.29, 0.717) is 30.8 Å². The highest BCUT2D eigenvalue weighted by Gasteiger charge is 2.44. The lowest BCUT2D eigenvalue weighted by Gasteiger charge is -2.45. The molecular weight excluding hydrogens is 903 g/mol. The van der Waals surface area contributed by atoms with Gasteiger partial charge in [0.1, 0.15) is 17.2 Å². The summed E-state index contributed by atoms with van der Waals surface area (Å²) < 4.78 is 19.3. The van der Waals surface area contributed by atoms with Crippen LogP contribution in [0.15, 0.2) is 54.2 Å². The number of likely N-dealkylation sites (N-methyl/N-ethyl adjacent to an activating group) is 2. The minimum Gasteiger partial charge on any atom is -0.492 e. The second kappa shape index (κ2) is 20.1. The number of ether oxygens (including phenoxy) is 3. The number of aryl methyl sites for hydroxylation is 1. The van der Waals surface area contributed by atoms with Crippen LogP contribution < -0.4 is 10.7 Å². The maximum atomic E-state index is 14.8. The van der Waals surface area contributed by atoms with Gasteiger partial charge in [-0.05, 0) is 68.9 Å². The van der Waals surface area contributed by atoms with Crippen LogP contribution in [-0.2, 0) is 52.8 Å². The van der Waals surface area contributed by atoms with Crippen LogP contribution in [0.3, 0.4) is 0 Å². The molecule has 3 aliphatic heterocycles. The number of hydrazine groups is 1. The van der Waals surface area contributed by atoms with Crippen molar-refractivity contribution >= 4 is 62.2 Å². The van der Waals surface area contributed by atoms with E-state index >= 15 is 0 Å². The van der Waals surface area contributed by atoms with E-state index in [1.54, 1.807) is 27.4 Å². The zero-order valence-electron chi connectivity index (χ0n) is 40.8. The van der Waals surface area contributed by atoms with Crippen LogP contribution in [0.5, 0.6) is 0 Å². The Morgan fingerprint density at radius 3 is 2.54 bits per heavy atom. The topological polar surface area (TPSA) is 181 Å². The summed E-state index contributed by atoms with van der Waals surface area (Å²) in [4.78, 5) is 84.3. The molecule has 363 valence electrons. The Hall–Kier alpha value is -5.63. The van der Waals surface area contributed by atoms with Gasteiger partial charge in [-0.15, -0.1) is 11.3 Å². The van der Waals surface area contributed by atoms with Crippen molar-refractivity contribution in [1.29, 1.82) is 0 Å². The Morgan fingerprint density at radius 1 is 1.13 bits per heavy atom. The van der Waals surface area contributed by atoms with Crippen molar-refractivity contribution < 1.29 is 38.2 Å². The largest absolute Gasteiger partial charge is 0.492 e. The fourth-order valence-electron chi connectivity index (χ4n) is 9.46. The van der Waals surface area contributed by atoms with Gasteiger partial charge in [0.2, 0.25) is 5.91 Å². The van der Waals surface area contributed by atoms with Crippen LogP contribution in [0, 0.1) is 11.3 Å². The summed E-state index contributed by atoms with van der Waals surface area (Å²) in [6, 6.07) is 7.52. The number of carbonyl (C=O) groups is 5. The van der Waals surface area contributed by atoms with Gasteiger partial charge in [0.05, 0.1) is 58.2 Å². The number of methoxy groups -OCH3 is 2. The SMILES string of the molecule is C=C(OC)C(=O)N1CC(N(C)C(=O)N(C)[C@H](C(=O)N[C@H]2Cc3nc(cs3)-c3ccc4c(c3)c(c(-c3cccnc3[C@H](C)OC)n4CC)CC(C)(C)COC(=O)[C@@]3([Si])CCCN(N3)C2=O)C(C)C)C1. The number of rotatable bonds is 11. The molecule has 3 aromatic heterocycles. The molecule has 3 aliphatic rings. The molecule has 4 atom stereocenters. The van der Waals surface area contributed by atoms with Gasteiger partial charge in [-0.3, -0.25) is 29.2 Å². The van der Waals surface area contributed by atoms with E-state index in [-0.39, 0.29) is 62.4 Å². The number of esters is 1. The molecule has 19 heteroatoms. The molecule has 7 rings (SSSR count). The number of amides is 5. The number of carbonyl (C=O) groups excluding carboxylic acids is 5. The first-order valence-electron chi connectivity index (χ1n) is 23.1. The predicted molar refractivity (Wildman–Crippen MR) is 260 cm³/mol. The van der Waals surface area contributed by atoms with Gasteiger partial charge < -0.3 is 38.8 Å². The lowest BCUT2D eigenvalue weighted by Crippen LogP contribution is -2.68. The fraction of sp³-hybridized carbons (Fsp3) is 0.531. The quantitative estimate of drug-likeness (QED) is 0.0887. The molecule has 5 amide bonds. The first-order valence-corrected chi connectivity index (χ1v) is 24.5. The fourth-order valence-corrected chi connectivity index (χ4v) is 10.7. The minimum atomic E-state index is -1.44. The van der Waals surface area contributed by atoms with Crippen molar-refractivity contribution in [1.82, 2.24) is 45.0 Å². The molecule has 68 heavy (non-hydrogen) atoms. The minimum absolute atomic E-state index is 0.0140. The number of cyclic esters (lactones) is 1. The molecule has 2 fully saturated rings. The lowest BCUT2D eigenvalue weighted by atomic mass is 9.84. The van der Waals surface area contributed by atoms with Crippen LogP contribution in [-0.4, -0.2) is 152 Å². The summed E-state index contributed by atoms with van der Waals surface area (Å²) in [6.45, 7) is 17.1. The van der Waals surface area contributed by atoms with E-state index < -0.39 is 46.5 Å². The number of hydrogen-bond acceptors (Lipinski definition) is 12. The van der Waals surface area contributed by atoms with E-state index in [9.17, 15) is 24.0 Å². The number of hydrogen-bond donors (Lipinski definition) is 2. The summed E-state index contributed by atoms with van der Waals surface area (Å²) in [6.07, 6.45) is 2.88. The van der Waals surface area contributed by atoms with Gasteiger partial charge >= 0.3 is 12.0 Å². The molecule has 0 spiro atoms. The van der Waals surface area contributed by atoms with Gasteiger partial charge in [0, 0.05) is 92.8 Å². The Kier molecular flexibility index (Phi) is 14.9. The standard InChI is InChI=1S/C49H64N9O8SSi/c1-12-57-38-17-16-31-21-34(38)35(42(57)33-15-13-19-50-40(33)29(4)64-10)23-48(6,7)27-66-46(62)49(68)18-14-20-58(53-49)45(61)36(22-39-51-37(31)26-67-39)52-43(59)41(28(2)3)55(9)47(63)54(8)32-24-56(25-32)44(60)30(5)65-11/h13,15-17,19,21,26,28-29,32,36,41,53H,5,12,14,18,20,22-25,27H2,1-4,6-11H3,(H,52,59)/t29-,36-,41-,49-/m0/s1. The van der Waals surface area contributed by atoms with Crippen LogP contribution >= 0.6 is 11.3 Å². The van der Waals surface area contributed by atoms with Gasteiger partial charge in [0.15, 0.2) is 5.76 Å². The number of nitrogens with one attached hydrogen (secondary N) is 2. The molecule has 3 radical (unpaired) electrons. The molecule has 0 unspecified atom stereocenters. The van der Waals surface area contributed by atoms with E-state index in [1.165, 1.54) is 38.2 Å². The number of benzene rings is 1. The Bertz CT molecular complexity index is 2590. The number of nitrogens with zero attached hydrogens (tertiary/aromatic N) is 7. The number of likely N-dealkylation sites (tertiary alicyclic amines) is 1. The second-order valence-corrected chi connectivity index (χ2v) is 21.0. The number of aromatic nitrogens is 3. The summed E-state index contributed by atoms with van der Waals surface area (Å²) in [7, 11) is 9.96. The highest BCUT2D eigenvalue weighted by molar-refractivity contribution is 7.10. The highest BCUT2D eigenvalue weighted by Crippen LogP contribution is 2.42. The summed E-state index contributed by atoms with van der Waals surface area (Å²) in [5, 5.41) is 6.53. The number of thiazole rings is 1. The molecule has 2 saturated heterocycles. The van der Waals surface area contributed by atoms with Crippen LogP contribution in [0.2, 0.25) is 0 Å². The average molecular weight is 967 g/mol. The molecule has 0 saturated carbocycles. The molecule has 6 heterocycles. The molecule has 17 nitrogen and oxygen atoms in total. The van der Waals surface area contributed by atoms with Crippen molar-refractivity contribution in [2.75, 3.05) is 54.6 Å². The third kappa shape index (κ3) is 9.93. The van der Waals surface area contributed by atoms with Crippen LogP contribution in [0.25, 0.3) is 33.4 Å². The van der Waals surface area contributed by atoms with E-state index in [0.717, 1.165) is 44.7 Å². The maximum absolute atomic E-state index is 14.8. The third-order valence-electron chi connectivity index (χ3n) is 13.4. The Labute approximate surface area is 405 Å². The zero-order valence-corrected chi connectivity index (χ0v) is 42.6. The second-order valence-electron chi connectivity index (χ2n) is 19.2. The highest BCUT2D eigenvalue weighted by atomic mass is 32.1. The maximum Gasteiger partial charge on any atom is 0.323 e. The number of fused-ring (bicyclic) bond motifs is 6. The first kappa shape index (κ1) is 50.2. The molecular formula is C49H64N9O8SSi. The van der Waals surface area contributed by atoms with Crippen LogP contribution in [0.4, 0.5) is 4.79 Å². The summed E-state index contributed by atoms with van der Waals surface area (Å²) >= 11 is 1.39. The molecule has 1 aromatic carbocycles. The Morgan fingerprint density at radius 2 is 1.87 bits per heavy atom. The molecule has 4 aromatic rings. The van der Waals surface area contributed by atoms with Gasteiger partial charge in [0.25, 0.3) is 11.8 Å². The molecule has 6 bridgehead atoms. The monoisotopic (exact) mass is 966 g/mol. The van der Waals surface area contributed by atoms with Gasteiger partial charge in [-0.2, -0.15) is 0 Å². The third-order valence-corrected chi connectivity index (χ3v) is 14.8.